The first-order valence-electron chi connectivity index (χ1n) is 3.88. The number of rotatable bonds is 1. The van der Waals surface area contributed by atoms with E-state index in [9.17, 15) is 0 Å². The third-order valence-electron chi connectivity index (χ3n) is 1.18. The van der Waals surface area contributed by atoms with E-state index in [0.717, 1.165) is 9.50 Å². The third-order valence-corrected chi connectivity index (χ3v) is 3.38. The van der Waals surface area contributed by atoms with Gasteiger partial charge in [0.25, 0.3) is 0 Å². The molecule has 0 spiro atoms. The lowest BCUT2D eigenvalue weighted by molar-refractivity contribution is 0.798. The van der Waals surface area contributed by atoms with Crippen LogP contribution in [0, 0.1) is 0 Å². The maximum atomic E-state index is 5.79. The van der Waals surface area contributed by atoms with Crippen molar-refractivity contribution in [1.82, 2.24) is 4.98 Å². The minimum atomic E-state index is 0.170. The standard InChI is InChI=1S/C9H11BrClNS/c1-9(2,3)13-8-7(10)4-6(11)5-12-8/h4-5H,1-3H3. The SMILES string of the molecule is CC(C)(C)Sc1ncc(Cl)cc1Br. The van der Waals surface area contributed by atoms with Crippen molar-refractivity contribution in [2.45, 2.75) is 30.5 Å². The molecule has 1 heterocycles. The molecule has 0 aromatic carbocycles. The van der Waals surface area contributed by atoms with Crippen LogP contribution in [0.4, 0.5) is 0 Å². The van der Waals surface area contributed by atoms with Gasteiger partial charge in [-0.2, -0.15) is 0 Å². The van der Waals surface area contributed by atoms with E-state index >= 15 is 0 Å². The van der Waals surface area contributed by atoms with Crippen LogP contribution in [-0.2, 0) is 0 Å². The molecule has 0 aliphatic rings. The van der Waals surface area contributed by atoms with Crippen molar-refractivity contribution in [3.63, 3.8) is 0 Å². The maximum absolute atomic E-state index is 5.79. The zero-order chi connectivity index (χ0) is 10.1. The summed E-state index contributed by atoms with van der Waals surface area (Å²) in [7, 11) is 0. The zero-order valence-corrected chi connectivity index (χ0v) is 10.9. The molecule has 0 fully saturated rings. The molecule has 0 saturated heterocycles. The van der Waals surface area contributed by atoms with Crippen LogP contribution in [0.1, 0.15) is 20.8 Å². The van der Waals surface area contributed by atoms with Gasteiger partial charge in [-0.05, 0) is 22.0 Å². The fraction of sp³-hybridized carbons (Fsp3) is 0.444. The van der Waals surface area contributed by atoms with E-state index in [1.807, 2.05) is 6.07 Å². The molecular weight excluding hydrogens is 270 g/mol. The van der Waals surface area contributed by atoms with Crippen LogP contribution in [0.5, 0.6) is 0 Å². The second-order valence-corrected chi connectivity index (χ2v) is 6.76. The van der Waals surface area contributed by atoms with Crippen molar-refractivity contribution in [2.75, 3.05) is 0 Å². The lowest BCUT2D eigenvalue weighted by Crippen LogP contribution is -2.07. The number of thioether (sulfide) groups is 1. The van der Waals surface area contributed by atoms with E-state index in [0.29, 0.717) is 5.02 Å². The summed E-state index contributed by atoms with van der Waals surface area (Å²) in [6, 6.07) is 1.86. The van der Waals surface area contributed by atoms with E-state index in [2.05, 4.69) is 41.7 Å². The van der Waals surface area contributed by atoms with Crippen molar-refractivity contribution < 1.29 is 0 Å². The number of hydrogen-bond acceptors (Lipinski definition) is 2. The quantitative estimate of drug-likeness (QED) is 0.708. The van der Waals surface area contributed by atoms with Gasteiger partial charge < -0.3 is 0 Å². The van der Waals surface area contributed by atoms with Gasteiger partial charge in [-0.1, -0.05) is 44.1 Å². The summed E-state index contributed by atoms with van der Waals surface area (Å²) in [6.07, 6.45) is 1.67. The topological polar surface area (TPSA) is 12.9 Å². The minimum absolute atomic E-state index is 0.170. The molecule has 72 valence electrons. The van der Waals surface area contributed by atoms with Crippen LogP contribution in [0.15, 0.2) is 21.8 Å². The maximum Gasteiger partial charge on any atom is 0.111 e. The molecular formula is C9H11BrClNS. The molecule has 1 rings (SSSR count). The lowest BCUT2D eigenvalue weighted by atomic mass is 10.3. The number of hydrogen-bond donors (Lipinski definition) is 0. The normalized spacial score (nSPS) is 11.8. The van der Waals surface area contributed by atoms with Gasteiger partial charge in [0, 0.05) is 10.9 Å². The fourth-order valence-electron chi connectivity index (χ4n) is 0.767. The molecule has 0 atom stereocenters. The molecule has 0 aliphatic carbocycles. The summed E-state index contributed by atoms with van der Waals surface area (Å²) in [4.78, 5) is 4.25. The molecule has 1 aromatic heterocycles. The molecule has 0 aliphatic heterocycles. The molecule has 0 saturated carbocycles. The van der Waals surface area contributed by atoms with E-state index in [-0.39, 0.29) is 4.75 Å². The van der Waals surface area contributed by atoms with Crippen LogP contribution in [0.2, 0.25) is 5.02 Å². The minimum Gasteiger partial charge on any atom is -0.247 e. The first-order chi connectivity index (χ1) is 5.88. The molecule has 0 unspecified atom stereocenters. The van der Waals surface area contributed by atoms with Crippen LogP contribution < -0.4 is 0 Å². The Kier molecular flexibility index (Phi) is 3.66. The molecule has 1 aromatic rings. The Morgan fingerprint density at radius 3 is 2.54 bits per heavy atom. The highest BCUT2D eigenvalue weighted by molar-refractivity contribution is 9.10. The fourth-order valence-corrected chi connectivity index (χ4v) is 2.49. The average molecular weight is 281 g/mol. The smallest absolute Gasteiger partial charge is 0.111 e. The predicted molar refractivity (Wildman–Crippen MR) is 62.6 cm³/mol. The molecule has 4 heteroatoms. The highest BCUT2D eigenvalue weighted by Gasteiger charge is 2.15. The predicted octanol–water partition coefficient (Wildman–Crippen LogP) is 4.39. The van der Waals surface area contributed by atoms with E-state index in [1.165, 1.54) is 0 Å². The Morgan fingerprint density at radius 1 is 1.46 bits per heavy atom. The Bertz CT molecular complexity index is 309. The van der Waals surface area contributed by atoms with Crippen molar-refractivity contribution >= 4 is 39.3 Å². The second-order valence-electron chi connectivity index (χ2n) is 3.65. The third kappa shape index (κ3) is 3.88. The molecule has 0 amide bonds. The summed E-state index contributed by atoms with van der Waals surface area (Å²) < 4.78 is 1.13. The number of pyridine rings is 1. The van der Waals surface area contributed by atoms with Crippen molar-refractivity contribution in [1.29, 1.82) is 0 Å². The average Bonchev–Trinajstić information content (AvgIpc) is 1.93. The molecule has 13 heavy (non-hydrogen) atoms. The van der Waals surface area contributed by atoms with Crippen molar-refractivity contribution in [2.24, 2.45) is 0 Å². The Morgan fingerprint density at radius 2 is 2.08 bits per heavy atom. The molecule has 0 radical (unpaired) electrons. The van der Waals surface area contributed by atoms with E-state index in [4.69, 9.17) is 11.6 Å². The first-order valence-corrected chi connectivity index (χ1v) is 5.87. The summed E-state index contributed by atoms with van der Waals surface area (Å²) in [5, 5.41) is 1.64. The highest BCUT2D eigenvalue weighted by atomic mass is 79.9. The summed E-state index contributed by atoms with van der Waals surface area (Å²) in [5.41, 5.74) is 0. The molecule has 0 bridgehead atoms. The summed E-state index contributed by atoms with van der Waals surface area (Å²) in [6.45, 7) is 6.46. The van der Waals surface area contributed by atoms with Gasteiger partial charge in [-0.25, -0.2) is 4.98 Å². The van der Waals surface area contributed by atoms with Crippen LogP contribution in [0.25, 0.3) is 0 Å². The van der Waals surface area contributed by atoms with Gasteiger partial charge in [0.2, 0.25) is 0 Å². The highest BCUT2D eigenvalue weighted by Crippen LogP contribution is 2.35. The van der Waals surface area contributed by atoms with Crippen LogP contribution in [0.3, 0.4) is 0 Å². The molecule has 1 nitrogen and oxygen atoms in total. The summed E-state index contributed by atoms with van der Waals surface area (Å²) in [5.74, 6) is 0. The summed E-state index contributed by atoms with van der Waals surface area (Å²) >= 11 is 10.9. The van der Waals surface area contributed by atoms with Crippen LogP contribution in [-0.4, -0.2) is 9.73 Å². The number of halogens is 2. The lowest BCUT2D eigenvalue weighted by Gasteiger charge is -2.17. The first kappa shape index (κ1) is 11.3. The van der Waals surface area contributed by atoms with Gasteiger partial charge >= 0.3 is 0 Å². The number of aromatic nitrogens is 1. The Balaban J connectivity index is 2.90. The van der Waals surface area contributed by atoms with Gasteiger partial charge in [0.05, 0.1) is 9.50 Å². The van der Waals surface area contributed by atoms with Gasteiger partial charge in [0.1, 0.15) is 5.03 Å². The van der Waals surface area contributed by atoms with Gasteiger partial charge in [-0.15, -0.1) is 0 Å². The second kappa shape index (κ2) is 4.20. The zero-order valence-electron chi connectivity index (χ0n) is 7.77. The monoisotopic (exact) mass is 279 g/mol. The van der Waals surface area contributed by atoms with Gasteiger partial charge in [-0.3, -0.25) is 0 Å². The van der Waals surface area contributed by atoms with E-state index < -0.39 is 0 Å². The Hall–Kier alpha value is 0.270. The van der Waals surface area contributed by atoms with Crippen molar-refractivity contribution in [3.05, 3.63) is 21.8 Å². The van der Waals surface area contributed by atoms with Gasteiger partial charge in [0.15, 0.2) is 0 Å². The van der Waals surface area contributed by atoms with Crippen molar-refractivity contribution in [3.8, 4) is 0 Å². The largest absolute Gasteiger partial charge is 0.247 e. The molecule has 0 N–H and O–H groups in total. The Labute approximate surface area is 96.4 Å². The van der Waals surface area contributed by atoms with E-state index in [1.54, 1.807) is 18.0 Å². The number of nitrogens with zero attached hydrogens (tertiary/aromatic N) is 1. The van der Waals surface area contributed by atoms with Crippen LogP contribution >= 0.6 is 39.3 Å².